The van der Waals surface area contributed by atoms with Gasteiger partial charge in [-0.25, -0.2) is 4.79 Å². The van der Waals surface area contributed by atoms with Gasteiger partial charge in [0.05, 0.1) is 12.7 Å². The molecule has 0 spiro atoms. The van der Waals surface area contributed by atoms with Gasteiger partial charge in [-0.05, 0) is 34.1 Å². The lowest BCUT2D eigenvalue weighted by atomic mass is 10.2. The van der Waals surface area contributed by atoms with Gasteiger partial charge in [-0.3, -0.25) is 0 Å². The molecule has 0 amide bonds. The number of hydrogen-bond donors (Lipinski definition) is 1. The SMILES string of the molecule is COC(=O)c1ccc(Br)c(N)c1.Cl. The Morgan fingerprint density at radius 2 is 2.15 bits per heavy atom. The lowest BCUT2D eigenvalue weighted by Gasteiger charge is -2.01. The van der Waals surface area contributed by atoms with E-state index in [0.717, 1.165) is 4.47 Å². The molecule has 0 heterocycles. The maximum Gasteiger partial charge on any atom is 0.337 e. The first kappa shape index (κ1) is 12.3. The van der Waals surface area contributed by atoms with Gasteiger partial charge in [0.25, 0.3) is 0 Å². The first-order valence-corrected chi connectivity index (χ1v) is 4.08. The standard InChI is InChI=1S/C8H8BrNO2.ClH/c1-12-8(11)5-2-3-6(9)7(10)4-5;/h2-4H,10H2,1H3;1H. The first-order chi connectivity index (χ1) is 5.65. The van der Waals surface area contributed by atoms with Crippen molar-refractivity contribution >= 4 is 40.0 Å². The lowest BCUT2D eigenvalue weighted by Crippen LogP contribution is -2.01. The van der Waals surface area contributed by atoms with E-state index in [9.17, 15) is 4.79 Å². The third-order valence-corrected chi connectivity index (χ3v) is 2.14. The highest BCUT2D eigenvalue weighted by Crippen LogP contribution is 2.20. The fourth-order valence-electron chi connectivity index (χ4n) is 0.789. The van der Waals surface area contributed by atoms with Gasteiger partial charge < -0.3 is 10.5 Å². The Hall–Kier alpha value is -0.740. The van der Waals surface area contributed by atoms with Gasteiger partial charge in [-0.2, -0.15) is 0 Å². The zero-order valence-electron chi connectivity index (χ0n) is 6.91. The zero-order chi connectivity index (χ0) is 9.14. The predicted molar refractivity (Wildman–Crippen MR) is 57.1 cm³/mol. The zero-order valence-corrected chi connectivity index (χ0v) is 9.31. The second-order valence-electron chi connectivity index (χ2n) is 2.23. The summed E-state index contributed by atoms with van der Waals surface area (Å²) in [5.41, 5.74) is 6.54. The summed E-state index contributed by atoms with van der Waals surface area (Å²) in [6, 6.07) is 4.92. The Labute approximate surface area is 90.8 Å². The van der Waals surface area contributed by atoms with Crippen LogP contribution in [-0.4, -0.2) is 13.1 Å². The molecule has 1 aromatic rings. The number of methoxy groups -OCH3 is 1. The molecular weight excluding hydrogens is 257 g/mol. The number of nitrogens with two attached hydrogens (primary N) is 1. The van der Waals surface area contributed by atoms with Crippen molar-refractivity contribution in [2.24, 2.45) is 0 Å². The van der Waals surface area contributed by atoms with Gasteiger partial charge in [0.15, 0.2) is 0 Å². The summed E-state index contributed by atoms with van der Waals surface area (Å²) in [6.07, 6.45) is 0. The van der Waals surface area contributed by atoms with Crippen LogP contribution in [-0.2, 0) is 4.74 Å². The molecule has 5 heteroatoms. The van der Waals surface area contributed by atoms with Gasteiger partial charge in [0.1, 0.15) is 0 Å². The van der Waals surface area contributed by atoms with Gasteiger partial charge in [0, 0.05) is 10.2 Å². The number of esters is 1. The summed E-state index contributed by atoms with van der Waals surface area (Å²) in [6.45, 7) is 0. The van der Waals surface area contributed by atoms with E-state index in [4.69, 9.17) is 5.73 Å². The summed E-state index contributed by atoms with van der Waals surface area (Å²) < 4.78 is 5.29. The van der Waals surface area contributed by atoms with Crippen LogP contribution in [0.2, 0.25) is 0 Å². The molecule has 0 saturated heterocycles. The van der Waals surface area contributed by atoms with Crippen LogP contribution in [0.25, 0.3) is 0 Å². The van der Waals surface area contributed by atoms with Crippen molar-refractivity contribution in [2.75, 3.05) is 12.8 Å². The first-order valence-electron chi connectivity index (χ1n) is 3.28. The molecule has 0 atom stereocenters. The Kier molecular flexibility index (Phi) is 4.80. The summed E-state index contributed by atoms with van der Waals surface area (Å²) in [4.78, 5) is 11.0. The average Bonchev–Trinajstić information content (AvgIpc) is 2.08. The molecule has 0 radical (unpaired) electrons. The molecule has 1 aromatic carbocycles. The molecular formula is C8H9BrClNO2. The van der Waals surface area contributed by atoms with Crippen LogP contribution in [0.1, 0.15) is 10.4 Å². The molecule has 0 saturated carbocycles. The number of carbonyl (C=O) groups is 1. The molecule has 0 aliphatic carbocycles. The molecule has 13 heavy (non-hydrogen) atoms. The van der Waals surface area contributed by atoms with Crippen molar-refractivity contribution in [3.63, 3.8) is 0 Å². The highest BCUT2D eigenvalue weighted by molar-refractivity contribution is 9.10. The number of rotatable bonds is 1. The lowest BCUT2D eigenvalue weighted by molar-refractivity contribution is 0.0601. The van der Waals surface area contributed by atoms with E-state index in [1.54, 1.807) is 18.2 Å². The normalized spacial score (nSPS) is 8.77. The van der Waals surface area contributed by atoms with Crippen molar-refractivity contribution in [2.45, 2.75) is 0 Å². The maximum absolute atomic E-state index is 11.0. The molecule has 0 unspecified atom stereocenters. The molecule has 2 N–H and O–H groups in total. The number of nitrogen functional groups attached to an aromatic ring is 1. The van der Waals surface area contributed by atoms with Crippen molar-refractivity contribution in [3.05, 3.63) is 28.2 Å². The van der Waals surface area contributed by atoms with Crippen LogP contribution in [0.4, 0.5) is 5.69 Å². The molecule has 3 nitrogen and oxygen atoms in total. The smallest absolute Gasteiger partial charge is 0.337 e. The predicted octanol–water partition coefficient (Wildman–Crippen LogP) is 2.24. The fraction of sp³-hybridized carbons (Fsp3) is 0.125. The maximum atomic E-state index is 11.0. The Balaban J connectivity index is 0.00000144. The Bertz CT molecular complexity index is 317. The van der Waals surface area contributed by atoms with Crippen LogP contribution in [0.15, 0.2) is 22.7 Å². The minimum Gasteiger partial charge on any atom is -0.465 e. The quantitative estimate of drug-likeness (QED) is 0.626. The topological polar surface area (TPSA) is 52.3 Å². The van der Waals surface area contributed by atoms with Crippen LogP contribution in [0.3, 0.4) is 0 Å². The highest BCUT2D eigenvalue weighted by atomic mass is 79.9. The van der Waals surface area contributed by atoms with E-state index in [1.165, 1.54) is 7.11 Å². The second kappa shape index (κ2) is 5.09. The second-order valence-corrected chi connectivity index (χ2v) is 3.08. The number of hydrogen-bond acceptors (Lipinski definition) is 3. The molecule has 0 bridgehead atoms. The molecule has 1 rings (SSSR count). The number of anilines is 1. The van der Waals surface area contributed by atoms with E-state index in [0.29, 0.717) is 11.3 Å². The van der Waals surface area contributed by atoms with E-state index in [1.807, 2.05) is 0 Å². The van der Waals surface area contributed by atoms with E-state index >= 15 is 0 Å². The van der Waals surface area contributed by atoms with E-state index < -0.39 is 0 Å². The van der Waals surface area contributed by atoms with Gasteiger partial charge in [-0.1, -0.05) is 0 Å². The van der Waals surface area contributed by atoms with Crippen molar-refractivity contribution in [3.8, 4) is 0 Å². The van der Waals surface area contributed by atoms with Crippen LogP contribution >= 0.6 is 28.3 Å². The average molecular weight is 267 g/mol. The molecule has 0 fully saturated rings. The molecule has 0 aromatic heterocycles. The van der Waals surface area contributed by atoms with Gasteiger partial charge in [-0.15, -0.1) is 12.4 Å². The van der Waals surface area contributed by atoms with Crippen LogP contribution in [0, 0.1) is 0 Å². The van der Waals surface area contributed by atoms with Gasteiger partial charge >= 0.3 is 5.97 Å². The van der Waals surface area contributed by atoms with Crippen LogP contribution in [0.5, 0.6) is 0 Å². The Morgan fingerprint density at radius 1 is 1.54 bits per heavy atom. The summed E-state index contributed by atoms with van der Waals surface area (Å²) in [5.74, 6) is -0.380. The van der Waals surface area contributed by atoms with Crippen molar-refractivity contribution in [1.29, 1.82) is 0 Å². The third kappa shape index (κ3) is 2.90. The largest absolute Gasteiger partial charge is 0.465 e. The minimum atomic E-state index is -0.380. The minimum absolute atomic E-state index is 0. The number of benzene rings is 1. The summed E-state index contributed by atoms with van der Waals surface area (Å²) >= 11 is 3.22. The number of ether oxygens (including phenoxy) is 1. The van der Waals surface area contributed by atoms with E-state index in [2.05, 4.69) is 20.7 Å². The molecule has 72 valence electrons. The molecule has 0 aliphatic rings. The Morgan fingerprint density at radius 3 is 2.62 bits per heavy atom. The van der Waals surface area contributed by atoms with E-state index in [-0.39, 0.29) is 18.4 Å². The van der Waals surface area contributed by atoms with Crippen molar-refractivity contribution in [1.82, 2.24) is 0 Å². The monoisotopic (exact) mass is 265 g/mol. The highest BCUT2D eigenvalue weighted by Gasteiger charge is 2.05. The number of carbonyl (C=O) groups excluding carboxylic acids is 1. The summed E-state index contributed by atoms with van der Waals surface area (Å²) in [7, 11) is 1.33. The summed E-state index contributed by atoms with van der Waals surface area (Å²) in [5, 5.41) is 0. The molecule has 0 aliphatic heterocycles. The van der Waals surface area contributed by atoms with Crippen molar-refractivity contribution < 1.29 is 9.53 Å². The van der Waals surface area contributed by atoms with Crippen LogP contribution < -0.4 is 5.73 Å². The van der Waals surface area contributed by atoms with Gasteiger partial charge in [0.2, 0.25) is 0 Å². The number of halogens is 2. The fourth-order valence-corrected chi connectivity index (χ4v) is 1.04. The third-order valence-electron chi connectivity index (χ3n) is 1.42.